The van der Waals surface area contributed by atoms with Crippen molar-refractivity contribution in [3.8, 4) is 45.5 Å². The fraction of sp³-hybridized carbons (Fsp3) is 0.129. The Morgan fingerprint density at radius 3 is 2.03 bits per heavy atom. The van der Waals surface area contributed by atoms with Gasteiger partial charge in [-0.05, 0) is 73.9 Å². The van der Waals surface area contributed by atoms with Gasteiger partial charge in [0, 0.05) is 29.7 Å². The lowest BCUT2D eigenvalue weighted by molar-refractivity contribution is 0.242. The SMILES string of the molecule is Cc1ccc(-n2nc(-c3ccc4nccnc4c3)nc2-c2ccc(-c3ccc(OC(C)C)cc3)cc2)nc1. The van der Waals surface area contributed by atoms with E-state index < -0.39 is 0 Å². The molecule has 38 heavy (non-hydrogen) atoms. The smallest absolute Gasteiger partial charge is 0.182 e. The minimum absolute atomic E-state index is 0.146. The number of ether oxygens (including phenoxy) is 1. The first-order chi connectivity index (χ1) is 18.5. The molecule has 0 N–H and O–H groups in total. The van der Waals surface area contributed by atoms with E-state index in [1.165, 1.54) is 0 Å². The van der Waals surface area contributed by atoms with Crippen LogP contribution in [0.2, 0.25) is 0 Å². The van der Waals surface area contributed by atoms with Crippen molar-refractivity contribution in [3.63, 3.8) is 0 Å². The molecule has 0 aliphatic carbocycles. The molecule has 0 saturated carbocycles. The molecule has 186 valence electrons. The average Bonchev–Trinajstić information content (AvgIpc) is 3.39. The molecular formula is C31H26N6O. The molecule has 0 bridgehead atoms. The van der Waals surface area contributed by atoms with Gasteiger partial charge in [0.25, 0.3) is 0 Å². The number of fused-ring (bicyclic) bond motifs is 1. The van der Waals surface area contributed by atoms with Crippen LogP contribution >= 0.6 is 0 Å². The maximum Gasteiger partial charge on any atom is 0.182 e. The van der Waals surface area contributed by atoms with Gasteiger partial charge in [0.05, 0.1) is 17.1 Å². The number of aryl methyl sites for hydroxylation is 1. The normalized spacial score (nSPS) is 11.3. The maximum absolute atomic E-state index is 5.78. The Balaban J connectivity index is 1.39. The van der Waals surface area contributed by atoms with Crippen LogP contribution in [0.3, 0.4) is 0 Å². The molecule has 0 radical (unpaired) electrons. The van der Waals surface area contributed by atoms with Crippen molar-refractivity contribution in [2.75, 3.05) is 0 Å². The van der Waals surface area contributed by atoms with Crippen LogP contribution in [0, 0.1) is 6.92 Å². The first-order valence-corrected chi connectivity index (χ1v) is 12.5. The summed E-state index contributed by atoms with van der Waals surface area (Å²) >= 11 is 0. The van der Waals surface area contributed by atoms with Crippen LogP contribution in [-0.4, -0.2) is 35.8 Å². The van der Waals surface area contributed by atoms with Crippen molar-refractivity contribution in [2.24, 2.45) is 0 Å². The monoisotopic (exact) mass is 498 g/mol. The van der Waals surface area contributed by atoms with Crippen LogP contribution in [-0.2, 0) is 0 Å². The lowest BCUT2D eigenvalue weighted by Crippen LogP contribution is -2.05. The van der Waals surface area contributed by atoms with E-state index in [4.69, 9.17) is 14.8 Å². The van der Waals surface area contributed by atoms with Crippen LogP contribution in [0.25, 0.3) is 50.8 Å². The molecule has 6 rings (SSSR count). The van der Waals surface area contributed by atoms with E-state index in [2.05, 4.69) is 51.4 Å². The predicted octanol–water partition coefficient (Wildman–Crippen LogP) is 6.70. The second kappa shape index (κ2) is 9.86. The third kappa shape index (κ3) is 4.74. The van der Waals surface area contributed by atoms with E-state index in [-0.39, 0.29) is 6.10 Å². The van der Waals surface area contributed by atoms with Crippen molar-refractivity contribution >= 4 is 11.0 Å². The van der Waals surface area contributed by atoms with Crippen molar-refractivity contribution < 1.29 is 4.74 Å². The highest BCUT2D eigenvalue weighted by Gasteiger charge is 2.17. The lowest BCUT2D eigenvalue weighted by atomic mass is 10.0. The molecule has 3 aromatic heterocycles. The number of rotatable bonds is 6. The van der Waals surface area contributed by atoms with E-state index in [1.807, 2.05) is 69.4 Å². The van der Waals surface area contributed by atoms with Crippen LogP contribution in [0.5, 0.6) is 5.75 Å². The molecule has 0 atom stereocenters. The van der Waals surface area contributed by atoms with Gasteiger partial charge in [-0.1, -0.05) is 42.5 Å². The molecule has 0 aliphatic heterocycles. The topological polar surface area (TPSA) is 78.6 Å². The zero-order chi connectivity index (χ0) is 26.1. The summed E-state index contributed by atoms with van der Waals surface area (Å²) in [5, 5.41) is 4.86. The summed E-state index contributed by atoms with van der Waals surface area (Å²) in [6, 6.07) is 26.3. The Hall–Kier alpha value is -4.91. The van der Waals surface area contributed by atoms with Gasteiger partial charge < -0.3 is 4.74 Å². The highest BCUT2D eigenvalue weighted by molar-refractivity contribution is 5.80. The van der Waals surface area contributed by atoms with Gasteiger partial charge in [-0.2, -0.15) is 4.68 Å². The fourth-order valence-corrected chi connectivity index (χ4v) is 4.28. The Kier molecular flexibility index (Phi) is 6.09. The number of nitrogens with zero attached hydrogens (tertiary/aromatic N) is 6. The number of aromatic nitrogens is 6. The molecule has 7 heteroatoms. The second-order valence-corrected chi connectivity index (χ2v) is 9.39. The maximum atomic E-state index is 5.78. The van der Waals surface area contributed by atoms with Crippen molar-refractivity contribution in [2.45, 2.75) is 26.9 Å². The molecule has 6 aromatic rings. The van der Waals surface area contributed by atoms with Gasteiger partial charge in [-0.3, -0.25) is 9.97 Å². The quantitative estimate of drug-likeness (QED) is 0.254. The molecule has 0 spiro atoms. The number of hydrogen-bond donors (Lipinski definition) is 0. The van der Waals surface area contributed by atoms with Gasteiger partial charge in [-0.25, -0.2) is 9.97 Å². The summed E-state index contributed by atoms with van der Waals surface area (Å²) in [7, 11) is 0. The fourth-order valence-electron chi connectivity index (χ4n) is 4.28. The molecule has 3 heterocycles. The van der Waals surface area contributed by atoms with Crippen molar-refractivity contribution in [3.05, 3.63) is 103 Å². The summed E-state index contributed by atoms with van der Waals surface area (Å²) in [5.41, 5.74) is 6.74. The first kappa shape index (κ1) is 23.5. The van der Waals surface area contributed by atoms with Crippen LogP contribution in [0.4, 0.5) is 0 Å². The summed E-state index contributed by atoms with van der Waals surface area (Å²) < 4.78 is 7.57. The van der Waals surface area contributed by atoms with Crippen molar-refractivity contribution in [1.82, 2.24) is 29.7 Å². The average molecular weight is 499 g/mol. The zero-order valence-electron chi connectivity index (χ0n) is 21.4. The first-order valence-electron chi connectivity index (χ1n) is 12.5. The molecule has 0 saturated heterocycles. The predicted molar refractivity (Wildman–Crippen MR) is 149 cm³/mol. The minimum Gasteiger partial charge on any atom is -0.491 e. The standard InChI is InChI=1S/C31H26N6O/c1-20(2)38-26-12-9-23(10-13-26)22-5-7-24(8-6-22)31-35-30(36-37(31)29-15-4-21(3)19-34-29)25-11-14-27-28(18-25)33-17-16-32-27/h4-20H,1-3H3. The van der Waals surface area contributed by atoms with E-state index in [0.717, 1.165) is 44.6 Å². The minimum atomic E-state index is 0.146. The van der Waals surface area contributed by atoms with Gasteiger partial charge in [0.2, 0.25) is 0 Å². The molecule has 0 unspecified atom stereocenters. The van der Waals surface area contributed by atoms with E-state index in [9.17, 15) is 0 Å². The summed E-state index contributed by atoms with van der Waals surface area (Å²) in [6.45, 7) is 6.06. The van der Waals surface area contributed by atoms with E-state index in [0.29, 0.717) is 17.5 Å². The third-order valence-corrected chi connectivity index (χ3v) is 6.15. The Morgan fingerprint density at radius 1 is 0.684 bits per heavy atom. The van der Waals surface area contributed by atoms with Gasteiger partial charge in [0.15, 0.2) is 17.5 Å². The Bertz CT molecular complexity index is 1710. The largest absolute Gasteiger partial charge is 0.491 e. The van der Waals surface area contributed by atoms with Crippen LogP contribution in [0.15, 0.2) is 97.5 Å². The van der Waals surface area contributed by atoms with E-state index >= 15 is 0 Å². The Morgan fingerprint density at radius 2 is 1.34 bits per heavy atom. The third-order valence-electron chi connectivity index (χ3n) is 6.15. The molecule has 7 nitrogen and oxygen atoms in total. The van der Waals surface area contributed by atoms with E-state index in [1.54, 1.807) is 17.1 Å². The number of pyridine rings is 1. The van der Waals surface area contributed by atoms with Gasteiger partial charge in [0.1, 0.15) is 5.75 Å². The summed E-state index contributed by atoms with van der Waals surface area (Å²) in [5.74, 6) is 2.88. The molecule has 3 aromatic carbocycles. The molecular weight excluding hydrogens is 472 g/mol. The second-order valence-electron chi connectivity index (χ2n) is 9.39. The summed E-state index contributed by atoms with van der Waals surface area (Å²) in [4.78, 5) is 18.4. The molecule has 0 aliphatic rings. The van der Waals surface area contributed by atoms with Gasteiger partial charge in [-0.15, -0.1) is 5.10 Å². The Labute approximate surface area is 220 Å². The zero-order valence-corrected chi connectivity index (χ0v) is 21.4. The lowest BCUT2D eigenvalue weighted by Gasteiger charge is -2.10. The number of hydrogen-bond acceptors (Lipinski definition) is 6. The van der Waals surface area contributed by atoms with Gasteiger partial charge >= 0.3 is 0 Å². The van der Waals surface area contributed by atoms with Crippen LogP contribution < -0.4 is 4.74 Å². The molecule has 0 fully saturated rings. The van der Waals surface area contributed by atoms with Crippen molar-refractivity contribution in [1.29, 1.82) is 0 Å². The summed E-state index contributed by atoms with van der Waals surface area (Å²) in [6.07, 6.45) is 5.36. The highest BCUT2D eigenvalue weighted by Crippen LogP contribution is 2.29. The number of benzene rings is 3. The molecule has 0 amide bonds. The van der Waals surface area contributed by atoms with Crippen LogP contribution in [0.1, 0.15) is 19.4 Å². The highest BCUT2D eigenvalue weighted by atomic mass is 16.5.